The summed E-state index contributed by atoms with van der Waals surface area (Å²) < 4.78 is 2.05. The largest absolute Gasteiger partial charge is 0.302 e. The van der Waals surface area contributed by atoms with Crippen LogP contribution < -0.4 is 0 Å². The number of nitriles is 2. The van der Waals surface area contributed by atoms with E-state index < -0.39 is 0 Å². The highest BCUT2D eigenvalue weighted by atomic mass is 32.2. The van der Waals surface area contributed by atoms with Gasteiger partial charge in [-0.25, -0.2) is 0 Å². The maximum absolute atomic E-state index is 9.12. The lowest BCUT2D eigenvalue weighted by molar-refractivity contribution is 0.669. The second-order valence-corrected chi connectivity index (χ2v) is 5.74. The Kier molecular flexibility index (Phi) is 6.00. The fourth-order valence-corrected chi connectivity index (χ4v) is 3.14. The van der Waals surface area contributed by atoms with Gasteiger partial charge in [0.15, 0.2) is 11.0 Å². The molecule has 2 rings (SSSR count). The van der Waals surface area contributed by atoms with Crippen molar-refractivity contribution >= 4 is 11.8 Å². The van der Waals surface area contributed by atoms with E-state index >= 15 is 0 Å². The van der Waals surface area contributed by atoms with Crippen molar-refractivity contribution in [3.05, 3.63) is 30.3 Å². The maximum atomic E-state index is 9.12. The van der Waals surface area contributed by atoms with E-state index in [1.54, 1.807) is 0 Å². The molecule has 0 aliphatic carbocycles. The third-order valence-electron chi connectivity index (χ3n) is 3.27. The molecule has 0 aliphatic heterocycles. The van der Waals surface area contributed by atoms with Crippen molar-refractivity contribution in [3.63, 3.8) is 0 Å². The molecule has 0 spiro atoms. The van der Waals surface area contributed by atoms with Crippen LogP contribution in [0.15, 0.2) is 35.5 Å². The van der Waals surface area contributed by atoms with Crippen molar-refractivity contribution in [1.29, 1.82) is 10.5 Å². The summed E-state index contributed by atoms with van der Waals surface area (Å²) in [6, 6.07) is 14.3. The molecule has 0 N–H and O–H groups in total. The van der Waals surface area contributed by atoms with E-state index in [0.717, 1.165) is 23.1 Å². The lowest BCUT2D eigenvalue weighted by atomic mass is 10.1. The van der Waals surface area contributed by atoms with Gasteiger partial charge in [-0.3, -0.25) is 0 Å². The van der Waals surface area contributed by atoms with Gasteiger partial charge in [-0.2, -0.15) is 10.5 Å². The number of rotatable bonds is 7. The zero-order valence-corrected chi connectivity index (χ0v) is 13.3. The molecule has 0 radical (unpaired) electrons. The molecule has 2 aromatic rings. The minimum Gasteiger partial charge on any atom is -0.302 e. The second-order valence-electron chi connectivity index (χ2n) is 4.75. The fraction of sp³-hybridized carbons (Fsp3) is 0.375. The molecule has 0 aliphatic rings. The number of benzene rings is 1. The smallest absolute Gasteiger partial charge is 0.191 e. The molecule has 0 unspecified atom stereocenters. The monoisotopic (exact) mass is 311 g/mol. The molecule has 0 amide bonds. The van der Waals surface area contributed by atoms with Crippen molar-refractivity contribution in [3.8, 4) is 23.5 Å². The predicted molar refractivity (Wildman–Crippen MR) is 85.8 cm³/mol. The Balaban J connectivity index is 2.11. The van der Waals surface area contributed by atoms with E-state index in [4.69, 9.17) is 10.5 Å². The molecule has 1 aromatic heterocycles. The zero-order chi connectivity index (χ0) is 15.8. The first-order chi connectivity index (χ1) is 10.8. The number of aromatic nitrogens is 3. The summed E-state index contributed by atoms with van der Waals surface area (Å²) >= 11 is 1.53. The van der Waals surface area contributed by atoms with Gasteiger partial charge in [0.1, 0.15) is 0 Å². The van der Waals surface area contributed by atoms with Gasteiger partial charge in [-0.15, -0.1) is 10.2 Å². The predicted octanol–water partition coefficient (Wildman–Crippen LogP) is 3.50. The van der Waals surface area contributed by atoms with E-state index in [9.17, 15) is 0 Å². The third-order valence-corrected chi connectivity index (χ3v) is 4.40. The van der Waals surface area contributed by atoms with Crippen LogP contribution in [0.5, 0.6) is 0 Å². The fourth-order valence-electron chi connectivity index (χ4n) is 2.08. The Hall–Kier alpha value is -2.31. The van der Waals surface area contributed by atoms with E-state index in [0.29, 0.717) is 18.6 Å². The van der Waals surface area contributed by atoms with E-state index in [-0.39, 0.29) is 5.92 Å². The zero-order valence-electron chi connectivity index (χ0n) is 12.4. The lowest BCUT2D eigenvalue weighted by Crippen LogP contribution is -2.04. The van der Waals surface area contributed by atoms with Crippen LogP contribution in [-0.4, -0.2) is 20.5 Å². The Labute approximate surface area is 134 Å². The average molecular weight is 311 g/mol. The summed E-state index contributed by atoms with van der Waals surface area (Å²) in [7, 11) is 0. The van der Waals surface area contributed by atoms with Crippen LogP contribution in [0.25, 0.3) is 11.4 Å². The van der Waals surface area contributed by atoms with Gasteiger partial charge in [0.2, 0.25) is 0 Å². The van der Waals surface area contributed by atoms with Crippen LogP contribution >= 0.6 is 11.8 Å². The molecule has 5 nitrogen and oxygen atoms in total. The van der Waals surface area contributed by atoms with Crippen LogP contribution in [0.3, 0.4) is 0 Å². The molecular formula is C16H17N5S. The summed E-state index contributed by atoms with van der Waals surface area (Å²) in [6.45, 7) is 2.83. The van der Waals surface area contributed by atoms with Crippen LogP contribution in [0.4, 0.5) is 0 Å². The lowest BCUT2D eigenvalue weighted by Gasteiger charge is -2.09. The number of hydrogen-bond donors (Lipinski definition) is 0. The summed E-state index contributed by atoms with van der Waals surface area (Å²) in [5, 5.41) is 27.1. The van der Waals surface area contributed by atoms with Crippen LogP contribution in [0, 0.1) is 28.6 Å². The van der Waals surface area contributed by atoms with Gasteiger partial charge in [-0.05, 0) is 13.3 Å². The minimum absolute atomic E-state index is 0.133. The average Bonchev–Trinajstić information content (AvgIpc) is 2.98. The molecule has 0 saturated carbocycles. The number of hydrogen-bond acceptors (Lipinski definition) is 5. The normalized spacial score (nSPS) is 11.6. The number of nitrogens with zero attached hydrogens (tertiary/aromatic N) is 5. The van der Waals surface area contributed by atoms with Crippen LogP contribution in [-0.2, 0) is 6.54 Å². The van der Waals surface area contributed by atoms with Gasteiger partial charge >= 0.3 is 0 Å². The summed E-state index contributed by atoms with van der Waals surface area (Å²) in [5.41, 5.74) is 1.03. The van der Waals surface area contributed by atoms with Crippen molar-refractivity contribution in [2.45, 2.75) is 31.5 Å². The van der Waals surface area contributed by atoms with Gasteiger partial charge < -0.3 is 4.57 Å². The molecule has 6 heteroatoms. The molecule has 0 fully saturated rings. The standard InChI is InChI=1S/C16H17N5S/c1-2-21-15(14-8-4-3-5-9-14)19-20-16(21)22-12-13(11-18)7-6-10-17/h3-5,8-9,13H,2,6-7,12H2,1H3/t13-/m1/s1. The maximum Gasteiger partial charge on any atom is 0.191 e. The molecule has 112 valence electrons. The Morgan fingerprint density at radius 3 is 2.64 bits per heavy atom. The van der Waals surface area contributed by atoms with E-state index in [1.165, 1.54) is 11.8 Å². The van der Waals surface area contributed by atoms with Gasteiger partial charge in [0.25, 0.3) is 0 Å². The Morgan fingerprint density at radius 1 is 1.23 bits per heavy atom. The second kappa shape index (κ2) is 8.21. The Bertz CT molecular complexity index is 681. The van der Waals surface area contributed by atoms with E-state index in [1.807, 2.05) is 30.3 Å². The van der Waals surface area contributed by atoms with Crippen LogP contribution in [0.1, 0.15) is 19.8 Å². The van der Waals surface area contributed by atoms with Crippen LogP contribution in [0.2, 0.25) is 0 Å². The highest BCUT2D eigenvalue weighted by Gasteiger charge is 2.15. The molecule has 22 heavy (non-hydrogen) atoms. The molecule has 1 heterocycles. The highest BCUT2D eigenvalue weighted by molar-refractivity contribution is 7.99. The van der Waals surface area contributed by atoms with Gasteiger partial charge in [0.05, 0.1) is 18.1 Å². The molecule has 0 saturated heterocycles. The summed E-state index contributed by atoms with van der Waals surface area (Å²) in [6.07, 6.45) is 1.01. The summed E-state index contributed by atoms with van der Waals surface area (Å²) in [5.74, 6) is 1.34. The topological polar surface area (TPSA) is 78.3 Å². The molecule has 1 atom stereocenters. The Morgan fingerprint density at radius 2 is 2.00 bits per heavy atom. The van der Waals surface area contributed by atoms with Crippen molar-refractivity contribution in [2.75, 3.05) is 5.75 Å². The molecular weight excluding hydrogens is 294 g/mol. The minimum atomic E-state index is -0.133. The first-order valence-corrected chi connectivity index (χ1v) is 8.16. The highest BCUT2D eigenvalue weighted by Crippen LogP contribution is 2.26. The molecule has 0 bridgehead atoms. The van der Waals surface area contributed by atoms with Gasteiger partial charge in [-0.1, -0.05) is 42.1 Å². The summed E-state index contributed by atoms with van der Waals surface area (Å²) in [4.78, 5) is 0. The first-order valence-electron chi connectivity index (χ1n) is 7.18. The van der Waals surface area contributed by atoms with Gasteiger partial charge in [0, 0.05) is 24.3 Å². The third kappa shape index (κ3) is 3.87. The van der Waals surface area contributed by atoms with Crippen molar-refractivity contribution in [2.24, 2.45) is 5.92 Å². The first kappa shape index (κ1) is 16.1. The SMILES string of the molecule is CCn1c(SC[C@@H](C#N)CCC#N)nnc1-c1ccccc1. The van der Waals surface area contributed by atoms with E-state index in [2.05, 4.69) is 33.8 Å². The number of thioether (sulfide) groups is 1. The van der Waals surface area contributed by atoms with Crippen molar-refractivity contribution in [1.82, 2.24) is 14.8 Å². The quantitative estimate of drug-likeness (QED) is 0.731. The van der Waals surface area contributed by atoms with Crippen molar-refractivity contribution < 1.29 is 0 Å². The molecule has 1 aromatic carbocycles.